The van der Waals surface area contributed by atoms with Crippen LogP contribution in [-0.4, -0.2) is 20.5 Å². The summed E-state index contributed by atoms with van der Waals surface area (Å²) in [6, 6.07) is -0.0475. The zero-order chi connectivity index (χ0) is 10.4. The van der Waals surface area contributed by atoms with Gasteiger partial charge < -0.3 is 0 Å². The lowest BCUT2D eigenvalue weighted by Gasteiger charge is -2.20. The minimum Gasteiger partial charge on any atom is -0.298 e. The smallest absolute Gasteiger partial charge is 0.154 e. The second-order valence-electron chi connectivity index (χ2n) is 4.62. The van der Waals surface area contributed by atoms with Gasteiger partial charge in [0.25, 0.3) is 0 Å². The molecule has 15 heavy (non-hydrogen) atoms. The molecule has 0 N–H and O–H groups in total. The molecule has 1 aliphatic heterocycles. The van der Waals surface area contributed by atoms with E-state index in [9.17, 15) is 4.79 Å². The van der Waals surface area contributed by atoms with Crippen LogP contribution in [0.25, 0.3) is 0 Å². The Morgan fingerprint density at radius 3 is 2.87 bits per heavy atom. The van der Waals surface area contributed by atoms with Gasteiger partial charge in [0, 0.05) is 12.3 Å². The first kappa shape index (κ1) is 9.07. The van der Waals surface area contributed by atoms with Crippen molar-refractivity contribution in [3.8, 4) is 0 Å². The van der Waals surface area contributed by atoms with Crippen molar-refractivity contribution in [3.63, 3.8) is 0 Å². The van der Waals surface area contributed by atoms with Gasteiger partial charge in [0.2, 0.25) is 0 Å². The Labute approximate surface area is 88.7 Å². The van der Waals surface area contributed by atoms with E-state index in [2.05, 4.69) is 10.1 Å². The van der Waals surface area contributed by atoms with Crippen LogP contribution in [0.5, 0.6) is 0 Å². The molecule has 0 amide bonds. The summed E-state index contributed by atoms with van der Waals surface area (Å²) in [7, 11) is 0. The minimum atomic E-state index is -0.0475. The number of fused-ring (bicyclic) bond motifs is 1. The van der Waals surface area contributed by atoms with E-state index >= 15 is 0 Å². The van der Waals surface area contributed by atoms with Crippen LogP contribution in [0.1, 0.15) is 56.2 Å². The zero-order valence-corrected chi connectivity index (χ0v) is 8.94. The molecule has 2 heterocycles. The Kier molecular flexibility index (Phi) is 1.90. The van der Waals surface area contributed by atoms with E-state index in [1.165, 1.54) is 12.8 Å². The number of carbonyl (C=O) groups excluding carboxylic acids is 1. The fourth-order valence-corrected chi connectivity index (χ4v) is 2.26. The summed E-state index contributed by atoms with van der Waals surface area (Å²) in [4.78, 5) is 16.0. The first-order valence-corrected chi connectivity index (χ1v) is 5.71. The maximum Gasteiger partial charge on any atom is 0.154 e. The minimum absolute atomic E-state index is 0.0475. The molecule has 0 spiro atoms. The lowest BCUT2D eigenvalue weighted by molar-refractivity contribution is -0.120. The first-order chi connectivity index (χ1) is 7.25. The zero-order valence-electron chi connectivity index (χ0n) is 8.94. The Balaban J connectivity index is 1.98. The van der Waals surface area contributed by atoms with E-state index in [4.69, 9.17) is 0 Å². The molecular formula is C11H15N3O. The summed E-state index contributed by atoms with van der Waals surface area (Å²) in [5.41, 5.74) is 0. The monoisotopic (exact) mass is 205 g/mol. The molecule has 0 radical (unpaired) electrons. The van der Waals surface area contributed by atoms with Gasteiger partial charge in [-0.3, -0.25) is 4.79 Å². The average Bonchev–Trinajstić information content (AvgIpc) is 2.96. The summed E-state index contributed by atoms with van der Waals surface area (Å²) in [5.74, 6) is 2.78. The van der Waals surface area contributed by atoms with Crippen molar-refractivity contribution >= 4 is 5.78 Å². The van der Waals surface area contributed by atoms with Gasteiger partial charge in [0.1, 0.15) is 11.9 Å². The molecule has 1 aromatic rings. The molecule has 80 valence electrons. The van der Waals surface area contributed by atoms with E-state index in [0.717, 1.165) is 30.9 Å². The molecule has 1 atom stereocenters. The molecule has 1 aliphatic carbocycles. The molecular weight excluding hydrogens is 190 g/mol. The summed E-state index contributed by atoms with van der Waals surface area (Å²) in [6.45, 7) is 1.65. The van der Waals surface area contributed by atoms with E-state index in [-0.39, 0.29) is 11.8 Å². The van der Waals surface area contributed by atoms with Gasteiger partial charge >= 0.3 is 0 Å². The van der Waals surface area contributed by atoms with Gasteiger partial charge in [-0.1, -0.05) is 0 Å². The Morgan fingerprint density at radius 2 is 2.20 bits per heavy atom. The number of hydrogen-bond acceptors (Lipinski definition) is 3. The van der Waals surface area contributed by atoms with Crippen LogP contribution >= 0.6 is 0 Å². The SMILES string of the molecule is CC(=O)C1CCCc2nc(C3CC3)nn21. The summed E-state index contributed by atoms with van der Waals surface area (Å²) in [5, 5.41) is 4.50. The number of aryl methyl sites for hydroxylation is 1. The van der Waals surface area contributed by atoms with Crippen LogP contribution in [0.3, 0.4) is 0 Å². The van der Waals surface area contributed by atoms with E-state index in [1.54, 1.807) is 6.92 Å². The average molecular weight is 205 g/mol. The molecule has 0 aromatic carbocycles. The summed E-state index contributed by atoms with van der Waals surface area (Å²) in [6.07, 6.45) is 5.40. The topological polar surface area (TPSA) is 47.8 Å². The highest BCUT2D eigenvalue weighted by Gasteiger charge is 2.32. The van der Waals surface area contributed by atoms with Crippen LogP contribution in [0.2, 0.25) is 0 Å². The third-order valence-electron chi connectivity index (χ3n) is 3.30. The standard InChI is InChI=1S/C11H15N3O/c1-7(15)9-3-2-4-10-12-11(8-5-6-8)13-14(9)10/h8-9H,2-6H2,1H3. The number of carbonyl (C=O) groups is 1. The molecule has 4 nitrogen and oxygen atoms in total. The van der Waals surface area contributed by atoms with Gasteiger partial charge in [0.05, 0.1) is 0 Å². The predicted molar refractivity (Wildman–Crippen MR) is 54.7 cm³/mol. The van der Waals surface area contributed by atoms with Gasteiger partial charge in [-0.05, 0) is 32.6 Å². The number of hydrogen-bond donors (Lipinski definition) is 0. The highest BCUT2D eigenvalue weighted by molar-refractivity contribution is 5.80. The van der Waals surface area contributed by atoms with Crippen molar-refractivity contribution in [2.24, 2.45) is 0 Å². The molecule has 0 saturated heterocycles. The van der Waals surface area contributed by atoms with Crippen LogP contribution in [0, 0.1) is 0 Å². The highest BCUT2D eigenvalue weighted by atomic mass is 16.1. The van der Waals surface area contributed by atoms with E-state index in [0.29, 0.717) is 5.92 Å². The molecule has 1 fully saturated rings. The van der Waals surface area contributed by atoms with Crippen molar-refractivity contribution in [2.75, 3.05) is 0 Å². The Morgan fingerprint density at radius 1 is 1.40 bits per heavy atom. The van der Waals surface area contributed by atoms with Gasteiger partial charge in [-0.2, -0.15) is 5.10 Å². The fourth-order valence-electron chi connectivity index (χ4n) is 2.26. The molecule has 1 saturated carbocycles. The lowest BCUT2D eigenvalue weighted by atomic mass is 10.0. The van der Waals surface area contributed by atoms with Crippen LogP contribution in [0.4, 0.5) is 0 Å². The number of aromatic nitrogens is 3. The largest absolute Gasteiger partial charge is 0.298 e. The van der Waals surface area contributed by atoms with Gasteiger partial charge in [0.15, 0.2) is 11.6 Å². The van der Waals surface area contributed by atoms with E-state index in [1.807, 2.05) is 4.68 Å². The molecule has 1 aromatic heterocycles. The fraction of sp³-hybridized carbons (Fsp3) is 0.727. The third kappa shape index (κ3) is 1.48. The highest BCUT2D eigenvalue weighted by Crippen LogP contribution is 2.39. The quantitative estimate of drug-likeness (QED) is 0.737. The van der Waals surface area contributed by atoms with Crippen LogP contribution in [0.15, 0.2) is 0 Å². The van der Waals surface area contributed by atoms with Crippen molar-refractivity contribution in [3.05, 3.63) is 11.6 Å². The summed E-state index contributed by atoms with van der Waals surface area (Å²) < 4.78 is 1.87. The number of nitrogens with zero attached hydrogens (tertiary/aromatic N) is 3. The van der Waals surface area contributed by atoms with Crippen molar-refractivity contribution < 1.29 is 4.79 Å². The molecule has 1 unspecified atom stereocenters. The van der Waals surface area contributed by atoms with E-state index < -0.39 is 0 Å². The first-order valence-electron chi connectivity index (χ1n) is 5.71. The van der Waals surface area contributed by atoms with Crippen LogP contribution < -0.4 is 0 Å². The summed E-state index contributed by atoms with van der Waals surface area (Å²) >= 11 is 0. The second-order valence-corrected chi connectivity index (χ2v) is 4.62. The number of Topliss-reactive ketones (excluding diaryl/α,β-unsaturated/α-hetero) is 1. The van der Waals surface area contributed by atoms with Gasteiger partial charge in [-0.25, -0.2) is 9.67 Å². The van der Waals surface area contributed by atoms with Crippen molar-refractivity contribution in [1.29, 1.82) is 0 Å². The molecule has 0 bridgehead atoms. The lowest BCUT2D eigenvalue weighted by Crippen LogP contribution is -2.24. The van der Waals surface area contributed by atoms with Crippen molar-refractivity contribution in [1.82, 2.24) is 14.8 Å². The molecule has 2 aliphatic rings. The molecule has 3 rings (SSSR count). The Bertz CT molecular complexity index is 406. The Hall–Kier alpha value is -1.19. The number of ketones is 1. The van der Waals surface area contributed by atoms with Crippen molar-refractivity contribution in [2.45, 2.75) is 51.0 Å². The molecule has 4 heteroatoms. The predicted octanol–water partition coefficient (Wildman–Crippen LogP) is 1.62. The maximum absolute atomic E-state index is 11.5. The number of rotatable bonds is 2. The van der Waals surface area contributed by atoms with Gasteiger partial charge in [-0.15, -0.1) is 0 Å². The normalized spacial score (nSPS) is 25.0. The maximum atomic E-state index is 11.5. The second kappa shape index (κ2) is 3.15. The van der Waals surface area contributed by atoms with Crippen LogP contribution in [-0.2, 0) is 11.2 Å². The third-order valence-corrected chi connectivity index (χ3v) is 3.30.